The van der Waals surface area contributed by atoms with E-state index in [1.165, 1.54) is 20.4 Å². The molecule has 3 aromatic rings. The molecule has 0 bridgehead atoms. The van der Waals surface area contributed by atoms with E-state index in [0.29, 0.717) is 41.6 Å². The van der Waals surface area contributed by atoms with Crippen molar-refractivity contribution in [1.29, 1.82) is 0 Å². The van der Waals surface area contributed by atoms with E-state index in [1.807, 2.05) is 11.0 Å². The molecule has 17 nitrogen and oxygen atoms in total. The number of methoxy groups -OCH3 is 1. The number of nitrogens with zero attached hydrogens (tertiary/aromatic N) is 8. The molecule has 1 aromatic heterocycles. The molecule has 19 heteroatoms. The maximum atomic E-state index is 15.1. The highest BCUT2D eigenvalue weighted by Gasteiger charge is 2.49. The fraction of sp³-hybridized carbons (Fsp3) is 0.532. The van der Waals surface area contributed by atoms with E-state index in [-0.39, 0.29) is 47.8 Å². The van der Waals surface area contributed by atoms with Crippen molar-refractivity contribution < 1.29 is 42.3 Å². The van der Waals surface area contributed by atoms with Gasteiger partial charge in [0.05, 0.1) is 36.7 Å². The van der Waals surface area contributed by atoms with E-state index in [2.05, 4.69) is 30.4 Å². The molecule has 6 aliphatic rings. The monoisotopic (exact) mass is 910 g/mol. The highest BCUT2D eigenvalue weighted by atomic mass is 19.3. The predicted molar refractivity (Wildman–Crippen MR) is 241 cm³/mol. The number of nitrogens with one attached hydrogen (secondary N) is 2. The van der Waals surface area contributed by atoms with E-state index in [9.17, 15) is 28.8 Å². The van der Waals surface area contributed by atoms with Gasteiger partial charge in [0.15, 0.2) is 5.82 Å². The lowest BCUT2D eigenvalue weighted by atomic mass is 9.91. The number of halogens is 2. The molecule has 1 saturated carbocycles. The molecule has 1 aliphatic carbocycles. The SMILES string of the molecule is COc1cc(C(=O)N2CCC(CCCCN3CCN(c4ccc5c(c4)C(=O)N(C4CCC(=O)NC4=O)C5=O)CC3)CC2)ccc1Nc1ncc2c(n1)N(C1CCCC1)CC(F)(F)C(=O)N2C. The molecule has 3 saturated heterocycles. The Bertz CT molecular complexity index is 2410. The van der Waals surface area contributed by atoms with E-state index < -0.39 is 48.0 Å². The van der Waals surface area contributed by atoms with Gasteiger partial charge in [-0.1, -0.05) is 25.7 Å². The number of aromatic nitrogens is 2. The molecule has 5 aliphatic heterocycles. The van der Waals surface area contributed by atoms with E-state index in [1.54, 1.807) is 35.2 Å². The van der Waals surface area contributed by atoms with Crippen molar-refractivity contribution in [3.8, 4) is 5.75 Å². The number of amides is 6. The first-order valence-corrected chi connectivity index (χ1v) is 23.2. The van der Waals surface area contributed by atoms with Gasteiger partial charge in [-0.3, -0.25) is 43.9 Å². The van der Waals surface area contributed by atoms with Crippen LogP contribution in [0.1, 0.15) is 102 Å². The lowest BCUT2D eigenvalue weighted by Gasteiger charge is -2.36. The van der Waals surface area contributed by atoms with Crippen molar-refractivity contribution >= 4 is 64.3 Å². The van der Waals surface area contributed by atoms with Gasteiger partial charge in [-0.2, -0.15) is 13.8 Å². The third-order valence-corrected chi connectivity index (χ3v) is 14.2. The molecule has 2 N–H and O–H groups in total. The molecule has 6 heterocycles. The molecule has 0 spiro atoms. The van der Waals surface area contributed by atoms with Crippen molar-refractivity contribution in [3.63, 3.8) is 0 Å². The fourth-order valence-electron chi connectivity index (χ4n) is 10.4. The van der Waals surface area contributed by atoms with Crippen molar-refractivity contribution in [2.75, 3.05) is 86.5 Å². The predicted octanol–water partition coefficient (Wildman–Crippen LogP) is 4.84. The van der Waals surface area contributed by atoms with Gasteiger partial charge in [-0.15, -0.1) is 0 Å². The fourth-order valence-corrected chi connectivity index (χ4v) is 10.4. The van der Waals surface area contributed by atoms with Crippen LogP contribution in [0.3, 0.4) is 0 Å². The van der Waals surface area contributed by atoms with Crippen LogP contribution in [0.2, 0.25) is 0 Å². The van der Waals surface area contributed by atoms with Crippen LogP contribution in [-0.4, -0.2) is 145 Å². The Morgan fingerprint density at radius 2 is 1.64 bits per heavy atom. The molecule has 1 atom stereocenters. The maximum absolute atomic E-state index is 15.1. The first-order valence-electron chi connectivity index (χ1n) is 23.2. The number of fused-ring (bicyclic) bond motifs is 2. The van der Waals surface area contributed by atoms with Gasteiger partial charge in [0.2, 0.25) is 17.8 Å². The van der Waals surface area contributed by atoms with Crippen LogP contribution < -0.4 is 30.1 Å². The van der Waals surface area contributed by atoms with Crippen LogP contribution in [0.4, 0.5) is 37.6 Å². The van der Waals surface area contributed by atoms with Crippen LogP contribution in [0.15, 0.2) is 42.6 Å². The van der Waals surface area contributed by atoms with Gasteiger partial charge in [-0.05, 0) is 87.4 Å². The number of unbranched alkanes of at least 4 members (excludes halogenated alkanes) is 1. The van der Waals surface area contributed by atoms with Crippen molar-refractivity contribution in [1.82, 2.24) is 30.0 Å². The zero-order valence-corrected chi connectivity index (χ0v) is 37.4. The number of benzene rings is 2. The Morgan fingerprint density at radius 3 is 2.36 bits per heavy atom. The molecule has 1 unspecified atom stereocenters. The molecule has 0 radical (unpaired) electrons. The summed E-state index contributed by atoms with van der Waals surface area (Å²) in [5, 5.41) is 5.38. The Hall–Kier alpha value is -6.24. The number of imide groups is 2. The Kier molecular flexibility index (Phi) is 12.6. The molecular weight excluding hydrogens is 855 g/mol. The Morgan fingerprint density at radius 1 is 0.894 bits per heavy atom. The summed E-state index contributed by atoms with van der Waals surface area (Å²) in [6.45, 7) is 4.89. The van der Waals surface area contributed by atoms with Gasteiger partial charge in [0.25, 0.3) is 23.6 Å². The normalized spacial score (nSPS) is 21.8. The minimum absolute atomic E-state index is 0.0752. The smallest absolute Gasteiger partial charge is 0.342 e. The van der Waals surface area contributed by atoms with Gasteiger partial charge in [0.1, 0.15) is 17.5 Å². The quantitative estimate of drug-likeness (QED) is 0.187. The van der Waals surface area contributed by atoms with Gasteiger partial charge in [0, 0.05) is 70.0 Å². The molecule has 66 heavy (non-hydrogen) atoms. The van der Waals surface area contributed by atoms with Crippen molar-refractivity contribution in [2.24, 2.45) is 5.92 Å². The number of likely N-dealkylation sites (tertiary alicyclic amines) is 1. The first-order chi connectivity index (χ1) is 31.8. The number of carbonyl (C=O) groups excluding carboxylic acids is 6. The van der Waals surface area contributed by atoms with Crippen LogP contribution in [0, 0.1) is 5.92 Å². The standard InChI is InChI=1S/C47H56F2N10O7/c1-54-37-27-50-46(53-40(37)58(31-8-3-4-9-31)28-47(48,49)45(54)65)51-35-13-10-30(25-38(35)66-2)42(62)57-19-16-29(17-20-57)7-5-6-18-55-21-23-56(24-22-55)32-11-12-33-34(26-32)44(64)59(43(33)63)36-14-15-39(60)52-41(36)61/h10-13,25-27,29,31,36H,3-9,14-24,28H2,1-2H3,(H,50,51,53)(H,52,60,61). The average molecular weight is 911 g/mol. The lowest BCUT2D eigenvalue weighted by molar-refractivity contribution is -0.140. The average Bonchev–Trinajstić information content (AvgIpc) is 3.94. The molecule has 350 valence electrons. The van der Waals surface area contributed by atoms with Crippen LogP contribution in [0.5, 0.6) is 5.75 Å². The molecular formula is C47H56F2N10O7. The molecule has 4 fully saturated rings. The van der Waals surface area contributed by atoms with Crippen molar-refractivity contribution in [3.05, 3.63) is 59.3 Å². The van der Waals surface area contributed by atoms with E-state index >= 15 is 8.78 Å². The number of alkyl halides is 2. The summed E-state index contributed by atoms with van der Waals surface area (Å²) < 4.78 is 35.8. The lowest BCUT2D eigenvalue weighted by Crippen LogP contribution is -2.54. The molecule has 2 aromatic carbocycles. The topological polar surface area (TPSA) is 181 Å². The number of anilines is 5. The first kappa shape index (κ1) is 44.9. The summed E-state index contributed by atoms with van der Waals surface area (Å²) >= 11 is 0. The third-order valence-electron chi connectivity index (χ3n) is 14.2. The maximum Gasteiger partial charge on any atom is 0.342 e. The van der Waals surface area contributed by atoms with Gasteiger partial charge in [-0.25, -0.2) is 4.98 Å². The summed E-state index contributed by atoms with van der Waals surface area (Å²) in [6, 6.07) is 9.27. The number of piperazine rings is 1. The minimum Gasteiger partial charge on any atom is -0.495 e. The van der Waals surface area contributed by atoms with Crippen LogP contribution in [0.25, 0.3) is 0 Å². The summed E-state index contributed by atoms with van der Waals surface area (Å²) in [6.07, 6.45) is 10.0. The summed E-state index contributed by atoms with van der Waals surface area (Å²) in [5.74, 6) is -5.60. The van der Waals surface area contributed by atoms with Crippen LogP contribution >= 0.6 is 0 Å². The number of rotatable bonds is 12. The number of hydrogen-bond acceptors (Lipinski definition) is 13. The van der Waals surface area contributed by atoms with Crippen LogP contribution in [-0.2, 0) is 14.4 Å². The number of ether oxygens (including phenoxy) is 1. The molecule has 6 amide bonds. The minimum atomic E-state index is -3.58. The Balaban J connectivity index is 0.721. The zero-order chi connectivity index (χ0) is 46.3. The summed E-state index contributed by atoms with van der Waals surface area (Å²) in [4.78, 5) is 96.0. The zero-order valence-electron chi connectivity index (χ0n) is 37.4. The van der Waals surface area contributed by atoms with Crippen molar-refractivity contribution in [2.45, 2.75) is 88.6 Å². The van der Waals surface area contributed by atoms with E-state index in [4.69, 9.17) is 4.74 Å². The second kappa shape index (κ2) is 18.6. The highest BCUT2D eigenvalue weighted by molar-refractivity contribution is 6.23. The van der Waals surface area contributed by atoms with Gasteiger partial charge >= 0.3 is 5.92 Å². The largest absolute Gasteiger partial charge is 0.495 e. The summed E-state index contributed by atoms with van der Waals surface area (Å²) in [5.41, 5.74) is 2.65. The van der Waals surface area contributed by atoms with Gasteiger partial charge < -0.3 is 29.7 Å². The second-order valence-corrected chi connectivity index (χ2v) is 18.3. The molecule has 9 rings (SSSR count). The highest BCUT2D eigenvalue weighted by Crippen LogP contribution is 2.40. The second-order valence-electron chi connectivity index (χ2n) is 18.3. The number of carbonyl (C=O) groups is 6. The summed E-state index contributed by atoms with van der Waals surface area (Å²) in [7, 11) is 2.83. The number of piperidine rings is 2. The van der Waals surface area contributed by atoms with E-state index in [0.717, 1.165) is 106 Å². The Labute approximate surface area is 381 Å². The third kappa shape index (κ3) is 8.88. The number of hydrogen-bond donors (Lipinski definition) is 2.